The zero-order chi connectivity index (χ0) is 23.9. The van der Waals surface area contributed by atoms with Crippen LogP contribution in [0.1, 0.15) is 54.5 Å². The zero-order valence-corrected chi connectivity index (χ0v) is 19.0. The number of benzene rings is 3. The molecule has 166 valence electrons. The fraction of sp³-hybridized carbons (Fsp3) is 0.130. The minimum absolute atomic E-state index is 0.106. The average molecular weight is 496 g/mol. The van der Waals surface area contributed by atoms with E-state index in [9.17, 15) is 30.0 Å². The second-order valence-corrected chi connectivity index (χ2v) is 8.46. The lowest BCUT2D eigenvalue weighted by atomic mass is 9.82. The molecule has 0 aliphatic carbocycles. The second kappa shape index (κ2) is 8.90. The molecule has 4 N–H and O–H groups in total. The van der Waals surface area contributed by atoms with Crippen molar-refractivity contribution in [2.45, 2.75) is 19.8 Å². The number of rotatable bonds is 5. The minimum Gasteiger partial charge on any atom is -0.507 e. The number of aromatic hydroxyl groups is 2. The van der Waals surface area contributed by atoms with Gasteiger partial charge < -0.3 is 20.4 Å². The maximum atomic E-state index is 11.7. The molecule has 0 unspecified atom stereocenters. The second-order valence-electron chi connectivity index (χ2n) is 7.27. The molecule has 3 rings (SSSR count). The molecule has 9 heteroatoms. The normalized spacial score (nSPS) is 11.1. The Hall–Kier alpha value is -2.93. The van der Waals surface area contributed by atoms with Crippen LogP contribution in [0.2, 0.25) is 15.1 Å². The summed E-state index contributed by atoms with van der Waals surface area (Å²) in [4.78, 5) is 23.4. The number of carboxylic acid groups (broad SMARTS) is 2. The van der Waals surface area contributed by atoms with Crippen LogP contribution in [0.4, 0.5) is 0 Å². The summed E-state index contributed by atoms with van der Waals surface area (Å²) < 4.78 is 0. The van der Waals surface area contributed by atoms with E-state index >= 15 is 0 Å². The van der Waals surface area contributed by atoms with Crippen LogP contribution in [-0.4, -0.2) is 32.4 Å². The number of phenols is 2. The molecule has 3 aromatic rings. The summed E-state index contributed by atoms with van der Waals surface area (Å²) in [6.45, 7) is 3.07. The number of aromatic carboxylic acids is 2. The van der Waals surface area contributed by atoms with Gasteiger partial charge in [-0.05, 0) is 60.4 Å². The van der Waals surface area contributed by atoms with Crippen molar-refractivity contribution in [2.75, 3.05) is 0 Å². The standard InChI is InChI=1S/C23H17Cl3O6/c1-9-5-11(7-13(20(9)27)22(29)30)17(18-15(24)3-4-16(25)19(18)26)12-6-10(2)21(28)14(8-12)23(31)32/h3-8,17,27-28H,1-2H3,(H,29,30)(H,31,32). The smallest absolute Gasteiger partial charge is 0.339 e. The van der Waals surface area contributed by atoms with Crippen LogP contribution in [0, 0.1) is 13.8 Å². The fourth-order valence-electron chi connectivity index (χ4n) is 3.61. The first-order valence-electron chi connectivity index (χ1n) is 9.21. The van der Waals surface area contributed by atoms with E-state index in [1.807, 2.05) is 0 Å². The van der Waals surface area contributed by atoms with Gasteiger partial charge >= 0.3 is 11.9 Å². The molecule has 0 saturated carbocycles. The molecular weight excluding hydrogens is 479 g/mol. The molecule has 0 aliphatic rings. The minimum atomic E-state index is -1.34. The van der Waals surface area contributed by atoms with Gasteiger partial charge in [0.15, 0.2) is 0 Å². The van der Waals surface area contributed by atoms with Crippen LogP contribution in [0.3, 0.4) is 0 Å². The molecule has 0 aliphatic heterocycles. The van der Waals surface area contributed by atoms with Crippen molar-refractivity contribution in [2.24, 2.45) is 0 Å². The molecule has 0 amide bonds. The third kappa shape index (κ3) is 4.21. The van der Waals surface area contributed by atoms with Gasteiger partial charge in [0.05, 0.1) is 10.0 Å². The van der Waals surface area contributed by atoms with Gasteiger partial charge in [-0.3, -0.25) is 0 Å². The third-order valence-electron chi connectivity index (χ3n) is 5.14. The molecule has 0 spiro atoms. The van der Waals surface area contributed by atoms with Crippen LogP contribution in [0.5, 0.6) is 11.5 Å². The third-order valence-corrected chi connectivity index (χ3v) is 6.29. The van der Waals surface area contributed by atoms with Crippen LogP contribution >= 0.6 is 34.8 Å². The van der Waals surface area contributed by atoms with Crippen molar-refractivity contribution in [1.29, 1.82) is 0 Å². The van der Waals surface area contributed by atoms with Gasteiger partial charge in [0.25, 0.3) is 0 Å². The van der Waals surface area contributed by atoms with Crippen molar-refractivity contribution < 1.29 is 30.0 Å². The van der Waals surface area contributed by atoms with E-state index in [4.69, 9.17) is 34.8 Å². The van der Waals surface area contributed by atoms with E-state index in [1.54, 1.807) is 12.1 Å². The summed E-state index contributed by atoms with van der Waals surface area (Å²) in [7, 11) is 0. The van der Waals surface area contributed by atoms with Crippen LogP contribution in [-0.2, 0) is 0 Å². The molecule has 0 radical (unpaired) electrons. The summed E-state index contributed by atoms with van der Waals surface area (Å²) in [6, 6.07) is 8.68. The van der Waals surface area contributed by atoms with Gasteiger partial charge in [0, 0.05) is 16.5 Å². The molecule has 32 heavy (non-hydrogen) atoms. The molecular formula is C23H17Cl3O6. The Morgan fingerprint density at radius 1 is 0.750 bits per heavy atom. The predicted octanol–water partition coefficient (Wildman–Crippen LogP) is 6.25. The Labute approximate surface area is 198 Å². The number of carbonyl (C=O) groups is 2. The van der Waals surface area contributed by atoms with Gasteiger partial charge in [0.2, 0.25) is 0 Å². The molecule has 0 heterocycles. The molecule has 6 nitrogen and oxygen atoms in total. The SMILES string of the molecule is Cc1cc(C(c2cc(C)c(O)c(C(=O)O)c2)c2c(Cl)ccc(Cl)c2Cl)cc(C(=O)O)c1O. The largest absolute Gasteiger partial charge is 0.507 e. The molecule has 0 bridgehead atoms. The maximum absolute atomic E-state index is 11.7. The van der Waals surface area contributed by atoms with E-state index in [0.717, 1.165) is 0 Å². The monoisotopic (exact) mass is 494 g/mol. The topological polar surface area (TPSA) is 115 Å². The number of carboxylic acids is 2. The average Bonchev–Trinajstić information content (AvgIpc) is 2.71. The molecule has 3 aromatic carbocycles. The quantitative estimate of drug-likeness (QED) is 0.246. The predicted molar refractivity (Wildman–Crippen MR) is 122 cm³/mol. The van der Waals surface area contributed by atoms with Crippen molar-refractivity contribution in [3.63, 3.8) is 0 Å². The Bertz CT molecular complexity index is 1200. The highest BCUT2D eigenvalue weighted by Crippen LogP contribution is 2.45. The van der Waals surface area contributed by atoms with Crippen molar-refractivity contribution in [1.82, 2.24) is 0 Å². The number of hydrogen-bond donors (Lipinski definition) is 4. The number of aryl methyl sites for hydroxylation is 2. The van der Waals surface area contributed by atoms with Crippen molar-refractivity contribution in [3.05, 3.63) is 90.4 Å². The van der Waals surface area contributed by atoms with E-state index < -0.39 is 29.4 Å². The summed E-state index contributed by atoms with van der Waals surface area (Å²) >= 11 is 19.2. The Kier molecular flexibility index (Phi) is 6.60. The lowest BCUT2D eigenvalue weighted by Gasteiger charge is -2.24. The van der Waals surface area contributed by atoms with Crippen LogP contribution in [0.15, 0.2) is 36.4 Å². The van der Waals surface area contributed by atoms with Gasteiger partial charge in [-0.15, -0.1) is 0 Å². The lowest BCUT2D eigenvalue weighted by molar-refractivity contribution is 0.0682. The molecule has 0 aromatic heterocycles. The van der Waals surface area contributed by atoms with Crippen molar-refractivity contribution in [3.8, 4) is 11.5 Å². The van der Waals surface area contributed by atoms with Gasteiger partial charge in [0.1, 0.15) is 22.6 Å². The van der Waals surface area contributed by atoms with Gasteiger partial charge in [-0.2, -0.15) is 0 Å². The molecule has 0 atom stereocenters. The molecule has 0 saturated heterocycles. The Balaban J connectivity index is 2.45. The fourth-order valence-corrected chi connectivity index (χ4v) is 4.36. The van der Waals surface area contributed by atoms with Crippen LogP contribution < -0.4 is 0 Å². The lowest BCUT2D eigenvalue weighted by Crippen LogP contribution is -2.10. The first-order chi connectivity index (χ1) is 14.9. The van der Waals surface area contributed by atoms with Crippen molar-refractivity contribution >= 4 is 46.7 Å². The Morgan fingerprint density at radius 3 is 1.56 bits per heavy atom. The van der Waals surface area contributed by atoms with E-state index in [2.05, 4.69) is 0 Å². The zero-order valence-electron chi connectivity index (χ0n) is 16.8. The van der Waals surface area contributed by atoms with Gasteiger partial charge in [-0.1, -0.05) is 46.9 Å². The highest BCUT2D eigenvalue weighted by molar-refractivity contribution is 6.44. The molecule has 0 fully saturated rings. The summed E-state index contributed by atoms with van der Waals surface area (Å²) in [6.07, 6.45) is 0. The highest BCUT2D eigenvalue weighted by Gasteiger charge is 2.28. The number of hydrogen-bond acceptors (Lipinski definition) is 4. The summed E-state index contributed by atoms with van der Waals surface area (Å²) in [5, 5.41) is 40.0. The van der Waals surface area contributed by atoms with E-state index in [-0.39, 0.29) is 37.3 Å². The summed E-state index contributed by atoms with van der Waals surface area (Å²) in [5.41, 5.74) is 0.974. The van der Waals surface area contributed by atoms with Gasteiger partial charge in [-0.25, -0.2) is 9.59 Å². The summed E-state index contributed by atoms with van der Waals surface area (Å²) in [5.74, 6) is -4.33. The van der Waals surface area contributed by atoms with Crippen LogP contribution in [0.25, 0.3) is 0 Å². The van der Waals surface area contributed by atoms with E-state index in [1.165, 1.54) is 38.1 Å². The van der Waals surface area contributed by atoms with E-state index in [0.29, 0.717) is 16.7 Å². The number of halogens is 3. The first-order valence-corrected chi connectivity index (χ1v) is 10.3. The maximum Gasteiger partial charge on any atom is 0.339 e. The highest BCUT2D eigenvalue weighted by atomic mass is 35.5. The first kappa shape index (κ1) is 23.7. The Morgan fingerprint density at radius 2 is 1.16 bits per heavy atom.